The summed E-state index contributed by atoms with van der Waals surface area (Å²) in [6, 6.07) is 4.22. The fraction of sp³-hybridized carbons (Fsp3) is 0.500. The average Bonchev–Trinajstić information content (AvgIpc) is 2.03. The van der Waals surface area contributed by atoms with Gasteiger partial charge in [0.2, 0.25) is 0 Å². The van der Waals surface area contributed by atoms with E-state index in [4.69, 9.17) is 5.73 Å². The van der Waals surface area contributed by atoms with Crippen molar-refractivity contribution in [2.45, 2.75) is 19.9 Å². The number of nitrogens with zero attached hydrogens (tertiary/aromatic N) is 2. The Morgan fingerprint density at radius 2 is 2.31 bits per heavy atom. The first-order valence-corrected chi connectivity index (χ1v) is 4.49. The van der Waals surface area contributed by atoms with Crippen molar-refractivity contribution in [3.8, 4) is 0 Å². The summed E-state index contributed by atoms with van der Waals surface area (Å²) >= 11 is 0. The van der Waals surface area contributed by atoms with Crippen LogP contribution in [0.1, 0.15) is 12.5 Å². The molecule has 1 heterocycles. The summed E-state index contributed by atoms with van der Waals surface area (Å²) in [6.45, 7) is 4.88. The molecule has 1 aromatic heterocycles. The lowest BCUT2D eigenvalue weighted by Gasteiger charge is -2.20. The van der Waals surface area contributed by atoms with Crippen molar-refractivity contribution >= 4 is 5.82 Å². The second-order valence-corrected chi connectivity index (χ2v) is 3.55. The summed E-state index contributed by atoms with van der Waals surface area (Å²) < 4.78 is 0. The minimum Gasteiger partial charge on any atom is -0.358 e. The van der Waals surface area contributed by atoms with Gasteiger partial charge >= 0.3 is 0 Å². The molecule has 2 N–H and O–H groups in total. The minimum absolute atomic E-state index is 0.173. The highest BCUT2D eigenvalue weighted by Gasteiger charge is 2.03. The van der Waals surface area contributed by atoms with Gasteiger partial charge in [0.05, 0.1) is 0 Å². The number of hydrogen-bond acceptors (Lipinski definition) is 3. The monoisotopic (exact) mass is 179 g/mol. The lowest BCUT2D eigenvalue weighted by Crippen LogP contribution is -2.33. The summed E-state index contributed by atoms with van der Waals surface area (Å²) in [4.78, 5) is 6.33. The molecule has 1 rings (SSSR count). The molecule has 13 heavy (non-hydrogen) atoms. The molecular weight excluding hydrogens is 162 g/mol. The van der Waals surface area contributed by atoms with Crippen LogP contribution in [0.15, 0.2) is 18.3 Å². The van der Waals surface area contributed by atoms with E-state index < -0.39 is 0 Å². The highest BCUT2D eigenvalue weighted by molar-refractivity contribution is 5.39. The van der Waals surface area contributed by atoms with Gasteiger partial charge in [-0.2, -0.15) is 0 Å². The smallest absolute Gasteiger partial charge is 0.128 e. The largest absolute Gasteiger partial charge is 0.358 e. The lowest BCUT2D eigenvalue weighted by molar-refractivity contribution is 0.712. The second-order valence-electron chi connectivity index (χ2n) is 3.55. The van der Waals surface area contributed by atoms with Crippen LogP contribution in [0.5, 0.6) is 0 Å². The SMILES string of the molecule is Cc1ccnc(N(C)CC(C)N)c1. The molecule has 0 aliphatic carbocycles. The van der Waals surface area contributed by atoms with Crippen molar-refractivity contribution in [1.82, 2.24) is 4.98 Å². The Morgan fingerprint density at radius 3 is 2.85 bits per heavy atom. The second kappa shape index (κ2) is 4.23. The Hall–Kier alpha value is -1.09. The van der Waals surface area contributed by atoms with Gasteiger partial charge in [-0.05, 0) is 31.5 Å². The van der Waals surface area contributed by atoms with Gasteiger partial charge < -0.3 is 10.6 Å². The van der Waals surface area contributed by atoms with Gasteiger partial charge in [0.15, 0.2) is 0 Å². The van der Waals surface area contributed by atoms with Crippen molar-refractivity contribution in [1.29, 1.82) is 0 Å². The standard InChI is InChI=1S/C10H17N3/c1-8-4-5-12-10(6-8)13(3)7-9(2)11/h4-6,9H,7,11H2,1-3H3. The molecule has 0 saturated carbocycles. The number of anilines is 1. The molecule has 0 bridgehead atoms. The molecular formula is C10H17N3. The van der Waals surface area contributed by atoms with Crippen LogP contribution in [0, 0.1) is 6.92 Å². The fourth-order valence-corrected chi connectivity index (χ4v) is 1.25. The van der Waals surface area contributed by atoms with Gasteiger partial charge in [-0.1, -0.05) is 0 Å². The van der Waals surface area contributed by atoms with E-state index in [0.717, 1.165) is 12.4 Å². The molecule has 1 aromatic rings. The third-order valence-electron chi connectivity index (χ3n) is 1.85. The third-order valence-corrected chi connectivity index (χ3v) is 1.85. The van der Waals surface area contributed by atoms with Gasteiger partial charge in [-0.3, -0.25) is 0 Å². The Labute approximate surface area is 79.6 Å². The highest BCUT2D eigenvalue weighted by atomic mass is 15.2. The Balaban J connectivity index is 2.71. The minimum atomic E-state index is 0.173. The number of aryl methyl sites for hydroxylation is 1. The van der Waals surface area contributed by atoms with Crippen molar-refractivity contribution in [3.05, 3.63) is 23.9 Å². The third kappa shape index (κ3) is 3.03. The molecule has 0 fully saturated rings. The first kappa shape index (κ1) is 9.99. The Bertz CT molecular complexity index is 271. The van der Waals surface area contributed by atoms with E-state index >= 15 is 0 Å². The molecule has 0 spiro atoms. The van der Waals surface area contributed by atoms with Crippen molar-refractivity contribution < 1.29 is 0 Å². The zero-order valence-corrected chi connectivity index (χ0v) is 8.49. The van der Waals surface area contributed by atoms with E-state index in [2.05, 4.69) is 22.9 Å². The molecule has 0 aliphatic rings. The number of aromatic nitrogens is 1. The van der Waals surface area contributed by atoms with Gasteiger partial charge in [0.1, 0.15) is 5.82 Å². The Kier molecular flexibility index (Phi) is 3.25. The van der Waals surface area contributed by atoms with Crippen molar-refractivity contribution in [2.75, 3.05) is 18.5 Å². The molecule has 1 atom stereocenters. The summed E-state index contributed by atoms with van der Waals surface area (Å²) in [5.41, 5.74) is 6.92. The average molecular weight is 179 g/mol. The van der Waals surface area contributed by atoms with Crippen LogP contribution in [-0.4, -0.2) is 24.6 Å². The summed E-state index contributed by atoms with van der Waals surface area (Å²) in [6.07, 6.45) is 1.82. The van der Waals surface area contributed by atoms with E-state index in [1.165, 1.54) is 5.56 Å². The maximum Gasteiger partial charge on any atom is 0.128 e. The van der Waals surface area contributed by atoms with Crippen LogP contribution in [0.4, 0.5) is 5.82 Å². The molecule has 1 unspecified atom stereocenters. The quantitative estimate of drug-likeness (QED) is 0.757. The number of likely N-dealkylation sites (N-methyl/N-ethyl adjacent to an activating group) is 1. The molecule has 3 nitrogen and oxygen atoms in total. The fourth-order valence-electron chi connectivity index (χ4n) is 1.25. The maximum atomic E-state index is 5.70. The first-order valence-electron chi connectivity index (χ1n) is 4.49. The van der Waals surface area contributed by atoms with Crippen molar-refractivity contribution in [2.24, 2.45) is 5.73 Å². The summed E-state index contributed by atoms with van der Waals surface area (Å²) in [5.74, 6) is 0.984. The number of rotatable bonds is 3. The van der Waals surface area contributed by atoms with E-state index in [1.807, 2.05) is 26.2 Å². The zero-order valence-electron chi connectivity index (χ0n) is 8.49. The summed E-state index contributed by atoms with van der Waals surface area (Å²) in [5, 5.41) is 0. The van der Waals surface area contributed by atoms with Gasteiger partial charge in [-0.15, -0.1) is 0 Å². The highest BCUT2D eigenvalue weighted by Crippen LogP contribution is 2.09. The number of pyridine rings is 1. The van der Waals surface area contributed by atoms with E-state index in [-0.39, 0.29) is 6.04 Å². The van der Waals surface area contributed by atoms with Gasteiger partial charge in [0, 0.05) is 25.8 Å². The van der Waals surface area contributed by atoms with Crippen LogP contribution < -0.4 is 10.6 Å². The molecule has 0 amide bonds. The van der Waals surface area contributed by atoms with Crippen LogP contribution in [0.25, 0.3) is 0 Å². The van der Waals surface area contributed by atoms with Gasteiger partial charge in [0.25, 0.3) is 0 Å². The van der Waals surface area contributed by atoms with Crippen LogP contribution in [0.2, 0.25) is 0 Å². The topological polar surface area (TPSA) is 42.2 Å². The summed E-state index contributed by atoms with van der Waals surface area (Å²) in [7, 11) is 2.01. The van der Waals surface area contributed by atoms with Crippen LogP contribution in [0.3, 0.4) is 0 Å². The predicted molar refractivity (Wildman–Crippen MR) is 55.9 cm³/mol. The lowest BCUT2D eigenvalue weighted by atomic mass is 10.3. The van der Waals surface area contributed by atoms with Gasteiger partial charge in [-0.25, -0.2) is 4.98 Å². The molecule has 0 aromatic carbocycles. The van der Waals surface area contributed by atoms with E-state index in [9.17, 15) is 0 Å². The first-order chi connectivity index (χ1) is 6.09. The zero-order chi connectivity index (χ0) is 9.84. The Morgan fingerprint density at radius 1 is 1.62 bits per heavy atom. The predicted octanol–water partition coefficient (Wildman–Crippen LogP) is 1.17. The van der Waals surface area contributed by atoms with E-state index in [0.29, 0.717) is 0 Å². The van der Waals surface area contributed by atoms with E-state index in [1.54, 1.807) is 0 Å². The maximum absolute atomic E-state index is 5.70. The molecule has 72 valence electrons. The molecule has 0 radical (unpaired) electrons. The normalized spacial score (nSPS) is 12.6. The molecule has 0 saturated heterocycles. The van der Waals surface area contributed by atoms with Crippen LogP contribution >= 0.6 is 0 Å². The molecule has 3 heteroatoms. The van der Waals surface area contributed by atoms with Crippen molar-refractivity contribution in [3.63, 3.8) is 0 Å². The number of hydrogen-bond donors (Lipinski definition) is 1. The van der Waals surface area contributed by atoms with Crippen LogP contribution in [-0.2, 0) is 0 Å². The number of nitrogens with two attached hydrogens (primary N) is 1. The molecule has 0 aliphatic heterocycles.